The molecule has 0 saturated carbocycles. The van der Waals surface area contributed by atoms with Crippen LogP contribution < -0.4 is 5.32 Å². The normalized spacial score (nSPS) is 12.4. The van der Waals surface area contributed by atoms with Crippen molar-refractivity contribution in [2.45, 2.75) is 19.5 Å². The SMILES string of the molecule is COCCn1cc(NC(C)c2ccc(Cl)c(Cl)c2)cn1. The summed E-state index contributed by atoms with van der Waals surface area (Å²) in [5.74, 6) is 0. The Hall–Kier alpha value is -1.23. The molecule has 1 unspecified atom stereocenters. The number of anilines is 1. The van der Waals surface area contributed by atoms with Crippen LogP contribution in [0.1, 0.15) is 18.5 Å². The van der Waals surface area contributed by atoms with E-state index in [-0.39, 0.29) is 6.04 Å². The Morgan fingerprint density at radius 3 is 2.85 bits per heavy atom. The maximum Gasteiger partial charge on any atom is 0.0731 e. The minimum Gasteiger partial charge on any atom is -0.383 e. The summed E-state index contributed by atoms with van der Waals surface area (Å²) in [7, 11) is 1.68. The smallest absolute Gasteiger partial charge is 0.0731 e. The van der Waals surface area contributed by atoms with E-state index in [2.05, 4.69) is 17.3 Å². The fourth-order valence-corrected chi connectivity index (χ4v) is 2.17. The number of nitrogens with zero attached hydrogens (tertiary/aromatic N) is 2. The molecule has 2 aromatic rings. The van der Waals surface area contributed by atoms with Crippen LogP contribution in [0.15, 0.2) is 30.6 Å². The van der Waals surface area contributed by atoms with Crippen molar-refractivity contribution in [3.05, 3.63) is 46.2 Å². The van der Waals surface area contributed by atoms with Gasteiger partial charge in [0.2, 0.25) is 0 Å². The highest BCUT2D eigenvalue weighted by Crippen LogP contribution is 2.27. The second-order valence-corrected chi connectivity index (χ2v) is 5.34. The molecule has 0 saturated heterocycles. The van der Waals surface area contributed by atoms with Crippen molar-refractivity contribution in [2.75, 3.05) is 19.0 Å². The van der Waals surface area contributed by atoms with E-state index in [0.29, 0.717) is 16.7 Å². The first-order chi connectivity index (χ1) is 9.60. The van der Waals surface area contributed by atoms with Crippen molar-refractivity contribution in [1.29, 1.82) is 0 Å². The number of methoxy groups -OCH3 is 1. The Kier molecular flexibility index (Phi) is 5.29. The molecule has 20 heavy (non-hydrogen) atoms. The van der Waals surface area contributed by atoms with Crippen LogP contribution >= 0.6 is 23.2 Å². The zero-order chi connectivity index (χ0) is 14.5. The van der Waals surface area contributed by atoms with E-state index in [0.717, 1.165) is 17.8 Å². The van der Waals surface area contributed by atoms with Crippen molar-refractivity contribution in [1.82, 2.24) is 9.78 Å². The molecule has 2 rings (SSSR count). The first kappa shape index (κ1) is 15.2. The van der Waals surface area contributed by atoms with Gasteiger partial charge in [-0.2, -0.15) is 5.10 Å². The zero-order valence-electron chi connectivity index (χ0n) is 11.4. The maximum absolute atomic E-state index is 6.03. The fraction of sp³-hybridized carbons (Fsp3) is 0.357. The molecule has 0 aliphatic rings. The lowest BCUT2D eigenvalue weighted by Crippen LogP contribution is -2.06. The molecule has 108 valence electrons. The standard InChI is InChI=1S/C14H17Cl2N3O/c1-10(11-3-4-13(15)14(16)7-11)18-12-8-17-19(9-12)5-6-20-2/h3-4,7-10,18H,5-6H2,1-2H3. The number of ether oxygens (including phenoxy) is 1. The van der Waals surface area contributed by atoms with Gasteiger partial charge in [-0.25, -0.2) is 0 Å². The summed E-state index contributed by atoms with van der Waals surface area (Å²) < 4.78 is 6.86. The molecule has 1 aromatic carbocycles. The highest BCUT2D eigenvalue weighted by molar-refractivity contribution is 6.42. The van der Waals surface area contributed by atoms with Gasteiger partial charge in [0.1, 0.15) is 0 Å². The first-order valence-corrected chi connectivity index (χ1v) is 7.08. The molecule has 0 spiro atoms. The van der Waals surface area contributed by atoms with Crippen LogP contribution in [0.2, 0.25) is 10.0 Å². The second-order valence-electron chi connectivity index (χ2n) is 4.52. The van der Waals surface area contributed by atoms with E-state index in [9.17, 15) is 0 Å². The van der Waals surface area contributed by atoms with Crippen LogP contribution in [0.3, 0.4) is 0 Å². The third kappa shape index (κ3) is 3.88. The average molecular weight is 314 g/mol. The molecule has 0 aliphatic heterocycles. The number of benzene rings is 1. The molecule has 1 atom stereocenters. The number of hydrogen-bond donors (Lipinski definition) is 1. The molecule has 0 amide bonds. The van der Waals surface area contributed by atoms with Crippen LogP contribution in [0.5, 0.6) is 0 Å². The summed E-state index contributed by atoms with van der Waals surface area (Å²) in [6.45, 7) is 3.44. The van der Waals surface area contributed by atoms with Crippen molar-refractivity contribution >= 4 is 28.9 Å². The van der Waals surface area contributed by atoms with Crippen LogP contribution in [-0.2, 0) is 11.3 Å². The van der Waals surface area contributed by atoms with Gasteiger partial charge >= 0.3 is 0 Å². The third-order valence-electron chi connectivity index (χ3n) is 2.98. The Labute approximate surface area is 128 Å². The summed E-state index contributed by atoms with van der Waals surface area (Å²) in [5.41, 5.74) is 2.03. The minimum atomic E-state index is 0.116. The predicted octanol–water partition coefficient (Wildman–Crippen LogP) is 4.01. The van der Waals surface area contributed by atoms with Gasteiger partial charge in [0, 0.05) is 19.3 Å². The largest absolute Gasteiger partial charge is 0.383 e. The second kappa shape index (κ2) is 6.97. The summed E-state index contributed by atoms with van der Waals surface area (Å²) in [4.78, 5) is 0. The molecule has 4 nitrogen and oxygen atoms in total. The van der Waals surface area contributed by atoms with E-state index >= 15 is 0 Å². The summed E-state index contributed by atoms with van der Waals surface area (Å²) in [6.07, 6.45) is 3.75. The maximum atomic E-state index is 6.03. The summed E-state index contributed by atoms with van der Waals surface area (Å²) in [6, 6.07) is 5.75. The first-order valence-electron chi connectivity index (χ1n) is 6.33. The monoisotopic (exact) mass is 313 g/mol. The third-order valence-corrected chi connectivity index (χ3v) is 3.72. The minimum absolute atomic E-state index is 0.116. The number of nitrogens with one attached hydrogen (secondary N) is 1. The fourth-order valence-electron chi connectivity index (χ4n) is 1.86. The lowest BCUT2D eigenvalue weighted by Gasteiger charge is -2.14. The molecule has 1 aromatic heterocycles. The number of aromatic nitrogens is 2. The lowest BCUT2D eigenvalue weighted by atomic mass is 10.1. The topological polar surface area (TPSA) is 39.1 Å². The summed E-state index contributed by atoms with van der Waals surface area (Å²) in [5, 5.41) is 8.76. The number of halogens is 2. The van der Waals surface area contributed by atoms with Crippen molar-refractivity contribution < 1.29 is 4.74 Å². The van der Waals surface area contributed by atoms with Gasteiger partial charge in [-0.3, -0.25) is 4.68 Å². The number of rotatable bonds is 6. The van der Waals surface area contributed by atoms with E-state index in [4.69, 9.17) is 27.9 Å². The van der Waals surface area contributed by atoms with E-state index < -0.39 is 0 Å². The highest BCUT2D eigenvalue weighted by atomic mass is 35.5. The van der Waals surface area contributed by atoms with Gasteiger partial charge in [0.05, 0.1) is 35.1 Å². The Bertz CT molecular complexity index is 571. The van der Waals surface area contributed by atoms with Gasteiger partial charge in [0.15, 0.2) is 0 Å². The van der Waals surface area contributed by atoms with Crippen molar-refractivity contribution in [3.63, 3.8) is 0 Å². The van der Waals surface area contributed by atoms with Crippen molar-refractivity contribution in [3.8, 4) is 0 Å². The zero-order valence-corrected chi connectivity index (χ0v) is 12.9. The van der Waals surface area contributed by atoms with E-state index in [1.165, 1.54) is 0 Å². The molecular weight excluding hydrogens is 297 g/mol. The highest BCUT2D eigenvalue weighted by Gasteiger charge is 2.08. The summed E-state index contributed by atoms with van der Waals surface area (Å²) >= 11 is 12.0. The number of hydrogen-bond acceptors (Lipinski definition) is 3. The molecule has 0 bridgehead atoms. The van der Waals surface area contributed by atoms with Gasteiger partial charge in [-0.05, 0) is 24.6 Å². The molecule has 6 heteroatoms. The van der Waals surface area contributed by atoms with Crippen LogP contribution in [0, 0.1) is 0 Å². The molecule has 0 fully saturated rings. The Morgan fingerprint density at radius 1 is 1.35 bits per heavy atom. The van der Waals surface area contributed by atoms with E-state index in [1.54, 1.807) is 19.4 Å². The average Bonchev–Trinajstić information content (AvgIpc) is 2.87. The molecule has 1 N–H and O–H groups in total. The van der Waals surface area contributed by atoms with Gasteiger partial charge in [-0.1, -0.05) is 29.3 Å². The van der Waals surface area contributed by atoms with Crippen LogP contribution in [-0.4, -0.2) is 23.5 Å². The predicted molar refractivity (Wildman–Crippen MR) is 82.6 cm³/mol. The van der Waals surface area contributed by atoms with Crippen LogP contribution in [0.25, 0.3) is 0 Å². The van der Waals surface area contributed by atoms with Gasteiger partial charge < -0.3 is 10.1 Å². The quantitative estimate of drug-likeness (QED) is 0.875. The lowest BCUT2D eigenvalue weighted by molar-refractivity contribution is 0.183. The van der Waals surface area contributed by atoms with Gasteiger partial charge in [0.25, 0.3) is 0 Å². The Balaban J connectivity index is 2.01. The van der Waals surface area contributed by atoms with Crippen LogP contribution in [0.4, 0.5) is 5.69 Å². The molecule has 0 radical (unpaired) electrons. The molecule has 1 heterocycles. The van der Waals surface area contributed by atoms with E-state index in [1.807, 2.05) is 23.0 Å². The van der Waals surface area contributed by atoms with Gasteiger partial charge in [-0.15, -0.1) is 0 Å². The molecular formula is C14H17Cl2N3O. The molecule has 0 aliphatic carbocycles. The van der Waals surface area contributed by atoms with Crippen molar-refractivity contribution in [2.24, 2.45) is 0 Å². The Morgan fingerprint density at radius 2 is 2.15 bits per heavy atom.